The molecule has 0 aromatic heterocycles. The van der Waals surface area contributed by atoms with Crippen molar-refractivity contribution in [2.45, 2.75) is 32.6 Å². The number of carbonyl (C=O) groups is 2. The molecular formula is C23H27N3O3. The molecule has 3 rings (SSSR count). The van der Waals surface area contributed by atoms with Gasteiger partial charge in [-0.05, 0) is 30.5 Å². The van der Waals surface area contributed by atoms with Gasteiger partial charge in [-0.1, -0.05) is 48.0 Å². The van der Waals surface area contributed by atoms with Gasteiger partial charge in [0.15, 0.2) is 0 Å². The third-order valence-electron chi connectivity index (χ3n) is 4.92. The van der Waals surface area contributed by atoms with E-state index in [-0.39, 0.29) is 24.7 Å². The summed E-state index contributed by atoms with van der Waals surface area (Å²) in [6, 6.07) is 15.8. The second-order valence-electron chi connectivity index (χ2n) is 7.09. The summed E-state index contributed by atoms with van der Waals surface area (Å²) < 4.78 is 5.36. The lowest BCUT2D eigenvalue weighted by Gasteiger charge is -2.12. The number of hydrogen-bond donors (Lipinski definition) is 1. The van der Waals surface area contributed by atoms with E-state index >= 15 is 0 Å². The fraction of sp³-hybridized carbons (Fsp3) is 0.348. The van der Waals surface area contributed by atoms with Gasteiger partial charge >= 0.3 is 0 Å². The van der Waals surface area contributed by atoms with Crippen LogP contribution in [0.15, 0.2) is 53.6 Å². The summed E-state index contributed by atoms with van der Waals surface area (Å²) >= 11 is 0. The number of benzene rings is 2. The van der Waals surface area contributed by atoms with E-state index in [0.717, 1.165) is 34.6 Å². The van der Waals surface area contributed by atoms with E-state index in [1.165, 1.54) is 5.01 Å². The Morgan fingerprint density at radius 2 is 1.93 bits per heavy atom. The lowest BCUT2D eigenvalue weighted by molar-refractivity contribution is -0.133. The summed E-state index contributed by atoms with van der Waals surface area (Å²) in [5.74, 6) is 0.573. The lowest BCUT2D eigenvalue weighted by atomic mass is 10.1. The molecule has 152 valence electrons. The SMILES string of the molecule is COc1ccc(C)cc1CCNC(=O)CCC(=O)N1CCC(c2ccccc2)=N1. The smallest absolute Gasteiger partial charge is 0.243 e. The van der Waals surface area contributed by atoms with Crippen molar-refractivity contribution in [1.29, 1.82) is 0 Å². The molecule has 1 N–H and O–H groups in total. The van der Waals surface area contributed by atoms with Crippen LogP contribution in [0, 0.1) is 6.92 Å². The molecule has 0 saturated heterocycles. The maximum absolute atomic E-state index is 12.4. The van der Waals surface area contributed by atoms with Crippen molar-refractivity contribution in [1.82, 2.24) is 10.3 Å². The van der Waals surface area contributed by atoms with E-state index in [1.807, 2.05) is 49.4 Å². The van der Waals surface area contributed by atoms with Gasteiger partial charge in [0.25, 0.3) is 0 Å². The van der Waals surface area contributed by atoms with Gasteiger partial charge in [-0.15, -0.1) is 0 Å². The molecule has 0 bridgehead atoms. The number of methoxy groups -OCH3 is 1. The molecule has 0 saturated carbocycles. The molecule has 0 spiro atoms. The zero-order chi connectivity index (χ0) is 20.6. The first kappa shape index (κ1) is 20.6. The Balaban J connectivity index is 1.42. The van der Waals surface area contributed by atoms with Gasteiger partial charge in [-0.2, -0.15) is 5.10 Å². The molecular weight excluding hydrogens is 366 g/mol. The third-order valence-corrected chi connectivity index (χ3v) is 4.92. The standard InChI is InChI=1S/C23H27N3O3/c1-17-8-9-21(29-2)19(16-17)12-14-24-22(27)10-11-23(28)26-15-13-20(25-26)18-6-4-3-5-7-18/h3-9,16H,10-15H2,1-2H3,(H,24,27). The van der Waals surface area contributed by atoms with Gasteiger partial charge < -0.3 is 10.1 Å². The van der Waals surface area contributed by atoms with Crippen LogP contribution in [0.2, 0.25) is 0 Å². The molecule has 29 heavy (non-hydrogen) atoms. The van der Waals surface area contributed by atoms with Crippen LogP contribution in [0.25, 0.3) is 0 Å². The quantitative estimate of drug-likeness (QED) is 0.749. The number of hydrogen-bond acceptors (Lipinski definition) is 4. The predicted octanol–water partition coefficient (Wildman–Crippen LogP) is 3.08. The minimum absolute atomic E-state index is 0.119. The van der Waals surface area contributed by atoms with E-state index in [9.17, 15) is 9.59 Å². The first-order valence-electron chi connectivity index (χ1n) is 9.90. The highest BCUT2D eigenvalue weighted by molar-refractivity contribution is 6.02. The predicted molar refractivity (Wildman–Crippen MR) is 113 cm³/mol. The highest BCUT2D eigenvalue weighted by Gasteiger charge is 2.21. The van der Waals surface area contributed by atoms with Crippen molar-refractivity contribution >= 4 is 17.5 Å². The monoisotopic (exact) mass is 393 g/mol. The van der Waals surface area contributed by atoms with Crippen LogP contribution in [0.4, 0.5) is 0 Å². The van der Waals surface area contributed by atoms with Crippen molar-refractivity contribution in [2.24, 2.45) is 5.10 Å². The van der Waals surface area contributed by atoms with Crippen molar-refractivity contribution in [2.75, 3.05) is 20.2 Å². The van der Waals surface area contributed by atoms with Gasteiger partial charge in [0.05, 0.1) is 19.4 Å². The van der Waals surface area contributed by atoms with Gasteiger partial charge in [0.1, 0.15) is 5.75 Å². The average molecular weight is 393 g/mol. The van der Waals surface area contributed by atoms with Gasteiger partial charge in [-0.25, -0.2) is 5.01 Å². The minimum atomic E-state index is -0.128. The second kappa shape index (κ2) is 9.87. The molecule has 0 aliphatic carbocycles. The molecule has 0 atom stereocenters. The van der Waals surface area contributed by atoms with Gasteiger partial charge in [0, 0.05) is 25.8 Å². The number of carbonyl (C=O) groups excluding carboxylic acids is 2. The minimum Gasteiger partial charge on any atom is -0.496 e. The Bertz CT molecular complexity index is 893. The molecule has 1 aliphatic heterocycles. The zero-order valence-corrected chi connectivity index (χ0v) is 17.0. The van der Waals surface area contributed by atoms with Crippen LogP contribution in [-0.4, -0.2) is 42.7 Å². The molecule has 0 fully saturated rings. The first-order chi connectivity index (χ1) is 14.1. The van der Waals surface area contributed by atoms with Crippen LogP contribution in [0.1, 0.15) is 36.0 Å². The van der Waals surface area contributed by atoms with Crippen LogP contribution < -0.4 is 10.1 Å². The Hall–Kier alpha value is -3.15. The zero-order valence-electron chi connectivity index (χ0n) is 17.0. The number of amides is 2. The van der Waals surface area contributed by atoms with E-state index in [0.29, 0.717) is 19.5 Å². The summed E-state index contributed by atoms with van der Waals surface area (Å²) in [7, 11) is 1.64. The van der Waals surface area contributed by atoms with Gasteiger partial charge in [-0.3, -0.25) is 9.59 Å². The topological polar surface area (TPSA) is 71.0 Å². The van der Waals surface area contributed by atoms with E-state index in [2.05, 4.69) is 16.5 Å². The number of rotatable bonds is 8. The number of hydrazone groups is 1. The van der Waals surface area contributed by atoms with Crippen LogP contribution >= 0.6 is 0 Å². The highest BCUT2D eigenvalue weighted by atomic mass is 16.5. The molecule has 6 nitrogen and oxygen atoms in total. The van der Waals surface area contributed by atoms with Crippen molar-refractivity contribution in [3.05, 3.63) is 65.2 Å². The fourth-order valence-electron chi connectivity index (χ4n) is 3.35. The van der Waals surface area contributed by atoms with E-state index in [4.69, 9.17) is 4.74 Å². The second-order valence-corrected chi connectivity index (χ2v) is 7.09. The van der Waals surface area contributed by atoms with Crippen LogP contribution in [0.5, 0.6) is 5.75 Å². The highest BCUT2D eigenvalue weighted by Crippen LogP contribution is 2.20. The maximum Gasteiger partial charge on any atom is 0.243 e. The summed E-state index contributed by atoms with van der Waals surface area (Å²) in [5, 5.41) is 8.78. The molecule has 0 radical (unpaired) electrons. The number of ether oxygens (including phenoxy) is 1. The first-order valence-corrected chi connectivity index (χ1v) is 9.90. The van der Waals surface area contributed by atoms with Gasteiger partial charge in [0.2, 0.25) is 11.8 Å². The Kier molecular flexibility index (Phi) is 7.00. The fourth-order valence-corrected chi connectivity index (χ4v) is 3.35. The third kappa shape index (κ3) is 5.67. The number of nitrogens with one attached hydrogen (secondary N) is 1. The van der Waals surface area contributed by atoms with Crippen LogP contribution in [-0.2, 0) is 16.0 Å². The molecule has 2 aromatic carbocycles. The molecule has 1 heterocycles. The van der Waals surface area contributed by atoms with E-state index in [1.54, 1.807) is 7.11 Å². The number of nitrogens with zero attached hydrogens (tertiary/aromatic N) is 2. The van der Waals surface area contributed by atoms with Crippen molar-refractivity contribution in [3.63, 3.8) is 0 Å². The molecule has 1 aliphatic rings. The van der Waals surface area contributed by atoms with E-state index < -0.39 is 0 Å². The normalized spacial score (nSPS) is 13.2. The maximum atomic E-state index is 12.4. The lowest BCUT2D eigenvalue weighted by Crippen LogP contribution is -2.29. The van der Waals surface area contributed by atoms with Crippen LogP contribution in [0.3, 0.4) is 0 Å². The molecule has 6 heteroatoms. The summed E-state index contributed by atoms with van der Waals surface area (Å²) in [4.78, 5) is 24.5. The Labute approximate surface area is 171 Å². The largest absolute Gasteiger partial charge is 0.496 e. The summed E-state index contributed by atoms with van der Waals surface area (Å²) in [6.45, 7) is 3.10. The Morgan fingerprint density at radius 3 is 2.69 bits per heavy atom. The molecule has 2 aromatic rings. The summed E-state index contributed by atoms with van der Waals surface area (Å²) in [6.07, 6.45) is 1.74. The van der Waals surface area contributed by atoms with Crippen molar-refractivity contribution in [3.8, 4) is 5.75 Å². The average Bonchev–Trinajstić information content (AvgIpc) is 3.23. The Morgan fingerprint density at radius 1 is 1.14 bits per heavy atom. The molecule has 2 amide bonds. The van der Waals surface area contributed by atoms with Crippen molar-refractivity contribution < 1.29 is 14.3 Å². The number of aryl methyl sites for hydroxylation is 1. The summed E-state index contributed by atoms with van der Waals surface area (Å²) in [5.41, 5.74) is 4.16. The molecule has 0 unspecified atom stereocenters.